The Morgan fingerprint density at radius 2 is 1.86 bits per heavy atom. The molecule has 5 rings (SSSR count). The summed E-state index contributed by atoms with van der Waals surface area (Å²) < 4.78 is 7.03. The maximum Gasteiger partial charge on any atom is 0.283 e. The van der Waals surface area contributed by atoms with Crippen molar-refractivity contribution in [1.82, 2.24) is 14.5 Å². The molecule has 0 fully saturated rings. The molecule has 0 saturated heterocycles. The molecule has 2 N–H and O–H groups in total. The number of methoxy groups -OCH3 is 1. The number of anilines is 1. The van der Waals surface area contributed by atoms with E-state index in [1.807, 2.05) is 68.4 Å². The standard InChI is InChI=1S/C27H24N4O3S/c1-16-12-13-19(17(2)14-16)28-23(32)15-35-27-30-24-18-8-4-5-9-20(18)29-25(24)26(33)31(27)21-10-6-7-11-22(21)34-3/h4-14,29H,15H2,1-3H3,(H,28,32). The van der Waals surface area contributed by atoms with Gasteiger partial charge in [0.15, 0.2) is 5.16 Å². The third kappa shape index (κ3) is 4.28. The number of thioether (sulfide) groups is 1. The Morgan fingerprint density at radius 1 is 1.09 bits per heavy atom. The van der Waals surface area contributed by atoms with E-state index in [1.54, 1.807) is 19.2 Å². The summed E-state index contributed by atoms with van der Waals surface area (Å²) in [6.45, 7) is 3.97. The number of benzene rings is 3. The molecule has 2 aromatic heterocycles. The van der Waals surface area contributed by atoms with Crippen molar-refractivity contribution >= 4 is 45.3 Å². The number of hydrogen-bond acceptors (Lipinski definition) is 5. The van der Waals surface area contributed by atoms with Crippen molar-refractivity contribution in [2.45, 2.75) is 19.0 Å². The molecule has 0 saturated carbocycles. The molecular formula is C27H24N4O3S. The lowest BCUT2D eigenvalue weighted by atomic mass is 10.1. The van der Waals surface area contributed by atoms with E-state index in [-0.39, 0.29) is 17.2 Å². The number of rotatable bonds is 6. The zero-order valence-corrected chi connectivity index (χ0v) is 20.4. The minimum Gasteiger partial charge on any atom is -0.495 e. The molecule has 1 amide bonds. The SMILES string of the molecule is COc1ccccc1-n1c(SCC(=O)Nc2ccc(C)cc2C)nc2c([nH]c3ccccc32)c1=O. The van der Waals surface area contributed by atoms with Crippen LogP contribution in [0.15, 0.2) is 76.7 Å². The van der Waals surface area contributed by atoms with Gasteiger partial charge in [0, 0.05) is 16.6 Å². The number of nitrogens with zero attached hydrogens (tertiary/aromatic N) is 2. The first-order chi connectivity index (χ1) is 17.0. The van der Waals surface area contributed by atoms with E-state index in [9.17, 15) is 9.59 Å². The number of aromatic nitrogens is 3. The highest BCUT2D eigenvalue weighted by atomic mass is 32.2. The molecule has 5 aromatic rings. The maximum absolute atomic E-state index is 13.7. The van der Waals surface area contributed by atoms with Crippen LogP contribution in [0.4, 0.5) is 5.69 Å². The summed E-state index contributed by atoms with van der Waals surface area (Å²) in [4.78, 5) is 34.6. The highest BCUT2D eigenvalue weighted by Gasteiger charge is 2.20. The predicted octanol–water partition coefficient (Wildman–Crippen LogP) is 5.22. The van der Waals surface area contributed by atoms with Crippen molar-refractivity contribution in [3.8, 4) is 11.4 Å². The van der Waals surface area contributed by atoms with Crippen LogP contribution in [0.5, 0.6) is 5.75 Å². The van der Waals surface area contributed by atoms with Crippen LogP contribution in [0, 0.1) is 13.8 Å². The van der Waals surface area contributed by atoms with Gasteiger partial charge in [-0.3, -0.25) is 9.59 Å². The Hall–Kier alpha value is -4.04. The molecule has 3 aromatic carbocycles. The summed E-state index contributed by atoms with van der Waals surface area (Å²) in [5.41, 5.74) is 5.00. The monoisotopic (exact) mass is 484 g/mol. The molecule has 176 valence electrons. The van der Waals surface area contributed by atoms with Crippen LogP contribution in [0.2, 0.25) is 0 Å². The fourth-order valence-corrected chi connectivity index (χ4v) is 4.93. The van der Waals surface area contributed by atoms with Crippen LogP contribution >= 0.6 is 11.8 Å². The van der Waals surface area contributed by atoms with Gasteiger partial charge in [0.05, 0.1) is 18.6 Å². The van der Waals surface area contributed by atoms with Gasteiger partial charge in [-0.15, -0.1) is 0 Å². The van der Waals surface area contributed by atoms with Gasteiger partial charge in [-0.05, 0) is 43.7 Å². The number of para-hydroxylation sites is 3. The van der Waals surface area contributed by atoms with E-state index in [0.717, 1.165) is 27.7 Å². The molecule has 7 nitrogen and oxygen atoms in total. The maximum atomic E-state index is 13.7. The van der Waals surface area contributed by atoms with Crippen LogP contribution in [0.3, 0.4) is 0 Å². The highest BCUT2D eigenvalue weighted by Crippen LogP contribution is 2.29. The first-order valence-corrected chi connectivity index (χ1v) is 12.1. The predicted molar refractivity (Wildman–Crippen MR) is 141 cm³/mol. The van der Waals surface area contributed by atoms with Crippen molar-refractivity contribution in [3.05, 3.63) is 88.2 Å². The molecular weight excluding hydrogens is 460 g/mol. The van der Waals surface area contributed by atoms with Crippen LogP contribution in [0.25, 0.3) is 27.6 Å². The second kappa shape index (κ2) is 9.31. The van der Waals surface area contributed by atoms with Crippen LogP contribution < -0.4 is 15.6 Å². The fraction of sp³-hybridized carbons (Fsp3) is 0.148. The third-order valence-corrected chi connectivity index (χ3v) is 6.75. The van der Waals surface area contributed by atoms with E-state index < -0.39 is 0 Å². The molecule has 0 aliphatic heterocycles. The topological polar surface area (TPSA) is 89.0 Å². The second-order valence-corrected chi connectivity index (χ2v) is 9.20. The van der Waals surface area contributed by atoms with Crippen molar-refractivity contribution in [1.29, 1.82) is 0 Å². The normalized spacial score (nSPS) is 11.2. The van der Waals surface area contributed by atoms with Crippen molar-refractivity contribution in [2.24, 2.45) is 0 Å². The lowest BCUT2D eigenvalue weighted by molar-refractivity contribution is -0.113. The fourth-order valence-electron chi connectivity index (χ4n) is 4.14. The van der Waals surface area contributed by atoms with Gasteiger partial charge < -0.3 is 15.0 Å². The zero-order chi connectivity index (χ0) is 24.5. The van der Waals surface area contributed by atoms with Gasteiger partial charge in [-0.1, -0.05) is 59.8 Å². The van der Waals surface area contributed by atoms with Crippen LogP contribution in [0.1, 0.15) is 11.1 Å². The largest absolute Gasteiger partial charge is 0.495 e. The molecule has 0 bridgehead atoms. The Morgan fingerprint density at radius 3 is 2.66 bits per heavy atom. The molecule has 8 heteroatoms. The van der Waals surface area contributed by atoms with Crippen LogP contribution in [-0.4, -0.2) is 33.3 Å². The average Bonchev–Trinajstić information content (AvgIpc) is 3.24. The Labute approximate surface area is 206 Å². The van der Waals surface area contributed by atoms with Gasteiger partial charge in [0.1, 0.15) is 16.8 Å². The van der Waals surface area contributed by atoms with E-state index in [4.69, 9.17) is 9.72 Å². The summed E-state index contributed by atoms with van der Waals surface area (Å²) in [5, 5.41) is 4.22. The van der Waals surface area contributed by atoms with E-state index in [1.165, 1.54) is 16.3 Å². The molecule has 0 spiro atoms. The van der Waals surface area contributed by atoms with E-state index >= 15 is 0 Å². The number of fused-ring (bicyclic) bond motifs is 3. The lowest BCUT2D eigenvalue weighted by Gasteiger charge is -2.15. The highest BCUT2D eigenvalue weighted by molar-refractivity contribution is 7.99. The summed E-state index contributed by atoms with van der Waals surface area (Å²) in [7, 11) is 1.56. The first kappa shape index (κ1) is 22.7. The summed E-state index contributed by atoms with van der Waals surface area (Å²) in [5.74, 6) is 0.443. The molecule has 0 radical (unpaired) electrons. The number of aryl methyl sites for hydroxylation is 2. The van der Waals surface area contributed by atoms with Gasteiger partial charge in [-0.2, -0.15) is 0 Å². The van der Waals surface area contributed by atoms with Gasteiger partial charge in [0.25, 0.3) is 5.56 Å². The van der Waals surface area contributed by atoms with E-state index in [2.05, 4.69) is 10.3 Å². The number of carbonyl (C=O) groups is 1. The number of carbonyl (C=O) groups excluding carboxylic acids is 1. The Bertz CT molecular complexity index is 1640. The molecule has 0 aliphatic rings. The van der Waals surface area contributed by atoms with Gasteiger partial charge in [0.2, 0.25) is 5.91 Å². The van der Waals surface area contributed by atoms with Crippen LogP contribution in [-0.2, 0) is 4.79 Å². The molecule has 0 unspecified atom stereocenters. The number of ether oxygens (including phenoxy) is 1. The minimum absolute atomic E-state index is 0.0861. The van der Waals surface area contributed by atoms with Gasteiger partial charge >= 0.3 is 0 Å². The quantitative estimate of drug-likeness (QED) is 0.255. The summed E-state index contributed by atoms with van der Waals surface area (Å²) in [6, 6.07) is 20.8. The Balaban J connectivity index is 1.58. The Kier molecular flexibility index (Phi) is 6.05. The molecule has 2 heterocycles. The summed E-state index contributed by atoms with van der Waals surface area (Å²) in [6.07, 6.45) is 0. The lowest BCUT2D eigenvalue weighted by Crippen LogP contribution is -2.23. The number of H-pyrrole nitrogens is 1. The number of amides is 1. The number of aromatic amines is 1. The molecule has 0 atom stereocenters. The van der Waals surface area contributed by atoms with Crippen molar-refractivity contribution in [2.75, 3.05) is 18.2 Å². The van der Waals surface area contributed by atoms with Crippen molar-refractivity contribution in [3.63, 3.8) is 0 Å². The molecule has 0 aliphatic carbocycles. The minimum atomic E-state index is -0.256. The van der Waals surface area contributed by atoms with Crippen molar-refractivity contribution < 1.29 is 9.53 Å². The average molecular weight is 485 g/mol. The summed E-state index contributed by atoms with van der Waals surface area (Å²) >= 11 is 1.21. The smallest absolute Gasteiger partial charge is 0.283 e. The second-order valence-electron chi connectivity index (χ2n) is 8.26. The zero-order valence-electron chi connectivity index (χ0n) is 19.6. The third-order valence-electron chi connectivity index (χ3n) is 5.81. The van der Waals surface area contributed by atoms with Gasteiger partial charge in [-0.25, -0.2) is 9.55 Å². The first-order valence-electron chi connectivity index (χ1n) is 11.1. The molecule has 35 heavy (non-hydrogen) atoms. The van der Waals surface area contributed by atoms with E-state index in [0.29, 0.717) is 27.6 Å². The number of hydrogen-bond donors (Lipinski definition) is 2. The number of nitrogens with one attached hydrogen (secondary N) is 2.